The minimum Gasteiger partial charge on any atom is -0.468 e. The van der Waals surface area contributed by atoms with Crippen LogP contribution in [0, 0.1) is 6.92 Å². The average Bonchev–Trinajstić information content (AvgIpc) is 3.52. The number of hydrogen-bond donors (Lipinski definition) is 0. The molecule has 2 aromatic heterocycles. The zero-order chi connectivity index (χ0) is 26.4. The monoisotopic (exact) mass is 548 g/mol. The summed E-state index contributed by atoms with van der Waals surface area (Å²) in [5.41, 5.74) is 1.62. The van der Waals surface area contributed by atoms with E-state index in [1.54, 1.807) is 35.9 Å². The molecule has 0 amide bonds. The number of halogens is 3. The quantitative estimate of drug-likeness (QED) is 0.112. The van der Waals surface area contributed by atoms with E-state index in [1.165, 1.54) is 19.1 Å². The van der Waals surface area contributed by atoms with Crippen LogP contribution in [-0.4, -0.2) is 5.97 Å². The Bertz CT molecular complexity index is 1330. The zero-order valence-electron chi connectivity index (χ0n) is 20.0. The lowest BCUT2D eigenvalue weighted by atomic mass is 10.1. The number of thioether (sulfide) groups is 2. The number of benzene rings is 2. The van der Waals surface area contributed by atoms with Crippen LogP contribution in [0.1, 0.15) is 35.1 Å². The van der Waals surface area contributed by atoms with Crippen molar-refractivity contribution >= 4 is 29.5 Å². The predicted molar refractivity (Wildman–Crippen MR) is 136 cm³/mol. The van der Waals surface area contributed by atoms with E-state index in [0.717, 1.165) is 39.7 Å². The Hall–Kier alpha value is -3.24. The Morgan fingerprint density at radius 3 is 2.43 bits per heavy atom. The molecule has 0 unspecified atom stereocenters. The van der Waals surface area contributed by atoms with Gasteiger partial charge in [-0.05, 0) is 61.0 Å². The second-order valence-electron chi connectivity index (χ2n) is 8.08. The summed E-state index contributed by atoms with van der Waals surface area (Å²) in [6.45, 7) is 3.11. The maximum atomic E-state index is 13.0. The maximum Gasteiger partial charge on any atom is 0.416 e. The second-order valence-corrected chi connectivity index (χ2v) is 10.1. The van der Waals surface area contributed by atoms with Gasteiger partial charge in [0, 0.05) is 28.7 Å². The number of furan rings is 2. The first-order valence-electron chi connectivity index (χ1n) is 11.2. The van der Waals surface area contributed by atoms with Crippen LogP contribution in [0.4, 0.5) is 13.2 Å². The standard InChI is InChI=1S/C27H23F3O5S2/c1-17-12-23(9-10-24(17)35-34-18(2)31)37-14-20-13-25(19-5-7-21(8-6-19)27(28,29)30)33-26(20)16-36-15-22-4-3-11-32-22/h3-13H,14-16H2,1-2H3. The highest BCUT2D eigenvalue weighted by Crippen LogP contribution is 2.36. The third kappa shape index (κ3) is 7.39. The van der Waals surface area contributed by atoms with Crippen molar-refractivity contribution in [1.29, 1.82) is 0 Å². The van der Waals surface area contributed by atoms with E-state index in [1.807, 2.05) is 37.3 Å². The van der Waals surface area contributed by atoms with Crippen molar-refractivity contribution in [1.82, 2.24) is 0 Å². The molecule has 0 saturated carbocycles. The molecular weight excluding hydrogens is 525 g/mol. The highest BCUT2D eigenvalue weighted by Gasteiger charge is 2.30. The van der Waals surface area contributed by atoms with Crippen molar-refractivity contribution in [2.75, 3.05) is 0 Å². The van der Waals surface area contributed by atoms with Crippen molar-refractivity contribution in [3.8, 4) is 17.1 Å². The second kappa shape index (κ2) is 11.9. The van der Waals surface area contributed by atoms with Crippen molar-refractivity contribution in [2.24, 2.45) is 0 Å². The molecule has 10 heteroatoms. The third-order valence-corrected chi connectivity index (χ3v) is 7.24. The zero-order valence-corrected chi connectivity index (χ0v) is 21.6. The Morgan fingerprint density at radius 1 is 1.00 bits per heavy atom. The van der Waals surface area contributed by atoms with E-state index in [9.17, 15) is 18.0 Å². The lowest BCUT2D eigenvalue weighted by Gasteiger charge is -2.08. The van der Waals surface area contributed by atoms with Crippen LogP contribution in [0.25, 0.3) is 11.3 Å². The van der Waals surface area contributed by atoms with Gasteiger partial charge in [-0.2, -0.15) is 13.2 Å². The number of rotatable bonds is 10. The first-order valence-corrected chi connectivity index (χ1v) is 13.3. The summed E-state index contributed by atoms with van der Waals surface area (Å²) in [5.74, 6) is 3.85. The topological polar surface area (TPSA) is 61.8 Å². The molecule has 194 valence electrons. The highest BCUT2D eigenvalue weighted by atomic mass is 32.2. The summed E-state index contributed by atoms with van der Waals surface area (Å²) >= 11 is 3.20. The first kappa shape index (κ1) is 26.8. The molecule has 4 aromatic rings. The Kier molecular flexibility index (Phi) is 8.60. The average molecular weight is 549 g/mol. The molecule has 0 N–H and O–H groups in total. The van der Waals surface area contributed by atoms with Crippen molar-refractivity contribution in [3.63, 3.8) is 0 Å². The van der Waals surface area contributed by atoms with Gasteiger partial charge in [0.05, 0.1) is 23.3 Å². The normalized spacial score (nSPS) is 11.5. The molecule has 0 aliphatic heterocycles. The van der Waals surface area contributed by atoms with Crippen LogP contribution in [0.15, 0.2) is 80.7 Å². The molecule has 37 heavy (non-hydrogen) atoms. The summed E-state index contributed by atoms with van der Waals surface area (Å²) in [4.78, 5) is 21.6. The number of aryl methyl sites for hydroxylation is 1. The molecule has 2 aromatic carbocycles. The van der Waals surface area contributed by atoms with Gasteiger partial charge >= 0.3 is 12.1 Å². The van der Waals surface area contributed by atoms with Gasteiger partial charge in [-0.25, -0.2) is 4.79 Å². The molecule has 2 heterocycles. The molecule has 5 nitrogen and oxygen atoms in total. The molecule has 0 aliphatic rings. The minimum absolute atomic E-state index is 0.447. The molecule has 4 rings (SSSR count). The first-order chi connectivity index (χ1) is 17.7. The van der Waals surface area contributed by atoms with Crippen LogP contribution in [-0.2, 0) is 33.1 Å². The number of alkyl halides is 3. The summed E-state index contributed by atoms with van der Waals surface area (Å²) < 4.78 is 50.4. The highest BCUT2D eigenvalue weighted by molar-refractivity contribution is 7.98. The summed E-state index contributed by atoms with van der Waals surface area (Å²) in [7, 11) is 0. The van der Waals surface area contributed by atoms with Crippen LogP contribution < -0.4 is 4.89 Å². The number of hydrogen-bond acceptors (Lipinski definition) is 7. The SMILES string of the molecule is CC(=O)OOc1ccc(SCc2cc(-c3ccc(C(F)(F)F)cc3)oc2CSCc2ccco2)cc1C. The Balaban J connectivity index is 1.50. The molecule has 0 saturated heterocycles. The van der Waals surface area contributed by atoms with Crippen molar-refractivity contribution in [2.45, 2.75) is 42.2 Å². The van der Waals surface area contributed by atoms with E-state index >= 15 is 0 Å². The maximum absolute atomic E-state index is 13.0. The summed E-state index contributed by atoms with van der Waals surface area (Å²) in [6.07, 6.45) is -2.77. The van der Waals surface area contributed by atoms with Gasteiger partial charge in [-0.15, -0.1) is 23.5 Å². The van der Waals surface area contributed by atoms with Gasteiger partial charge in [-0.3, -0.25) is 9.78 Å². The van der Waals surface area contributed by atoms with Crippen LogP contribution in [0.3, 0.4) is 0 Å². The minimum atomic E-state index is -4.39. The van der Waals surface area contributed by atoms with Gasteiger partial charge in [0.2, 0.25) is 0 Å². The fraction of sp³-hybridized carbons (Fsp3) is 0.222. The van der Waals surface area contributed by atoms with Crippen molar-refractivity contribution in [3.05, 3.63) is 95.1 Å². The largest absolute Gasteiger partial charge is 0.468 e. The van der Waals surface area contributed by atoms with E-state index in [2.05, 4.69) is 4.89 Å². The van der Waals surface area contributed by atoms with E-state index in [0.29, 0.717) is 34.3 Å². The fourth-order valence-electron chi connectivity index (χ4n) is 3.39. The summed E-state index contributed by atoms with van der Waals surface area (Å²) in [6, 6.07) is 16.1. The fourth-order valence-corrected chi connectivity index (χ4v) is 5.27. The van der Waals surface area contributed by atoms with Gasteiger partial charge < -0.3 is 8.83 Å². The molecule has 0 aliphatic carbocycles. The molecule has 0 radical (unpaired) electrons. The Morgan fingerprint density at radius 2 is 1.78 bits per heavy atom. The molecule has 0 spiro atoms. The van der Waals surface area contributed by atoms with E-state index < -0.39 is 17.7 Å². The van der Waals surface area contributed by atoms with Crippen LogP contribution in [0.2, 0.25) is 0 Å². The van der Waals surface area contributed by atoms with Gasteiger partial charge in [0.25, 0.3) is 0 Å². The van der Waals surface area contributed by atoms with Crippen molar-refractivity contribution < 1.29 is 36.6 Å². The predicted octanol–water partition coefficient (Wildman–Crippen LogP) is 8.45. The summed E-state index contributed by atoms with van der Waals surface area (Å²) in [5, 5.41) is 0. The van der Waals surface area contributed by atoms with E-state index in [4.69, 9.17) is 13.7 Å². The molecule has 0 bridgehead atoms. The van der Waals surface area contributed by atoms with Gasteiger partial charge in [0.1, 0.15) is 17.3 Å². The lowest BCUT2D eigenvalue weighted by Crippen LogP contribution is -2.03. The molecule has 0 fully saturated rings. The number of carbonyl (C=O) groups is 1. The van der Waals surface area contributed by atoms with Gasteiger partial charge in [0.15, 0.2) is 5.75 Å². The van der Waals surface area contributed by atoms with E-state index in [-0.39, 0.29) is 0 Å². The van der Waals surface area contributed by atoms with Gasteiger partial charge in [-0.1, -0.05) is 12.1 Å². The van der Waals surface area contributed by atoms with Crippen LogP contribution in [0.5, 0.6) is 5.75 Å². The molecule has 0 atom stereocenters. The van der Waals surface area contributed by atoms with Crippen LogP contribution >= 0.6 is 23.5 Å². The smallest absolute Gasteiger partial charge is 0.416 e. The Labute approximate surface area is 220 Å². The third-order valence-electron chi connectivity index (χ3n) is 5.24. The number of carbonyl (C=O) groups excluding carboxylic acids is 1. The molecular formula is C27H23F3O5S2. The lowest BCUT2D eigenvalue weighted by molar-refractivity contribution is -0.211.